The highest BCUT2D eigenvalue weighted by Crippen LogP contribution is 2.46. The monoisotopic (exact) mass is 414 g/mol. The van der Waals surface area contributed by atoms with Crippen LogP contribution in [0.2, 0.25) is 0 Å². The Morgan fingerprint density at radius 2 is 1.77 bits per heavy atom. The quantitative estimate of drug-likeness (QED) is 0.519. The molecule has 1 aliphatic heterocycles. The van der Waals surface area contributed by atoms with Crippen molar-refractivity contribution in [3.63, 3.8) is 0 Å². The lowest BCUT2D eigenvalue weighted by Crippen LogP contribution is -2.28. The summed E-state index contributed by atoms with van der Waals surface area (Å²) in [6, 6.07) is 21.1. The van der Waals surface area contributed by atoms with Gasteiger partial charge in [0.05, 0.1) is 23.0 Å². The Bertz CT molecular complexity index is 1320. The molecule has 2 atom stereocenters. The highest BCUT2D eigenvalue weighted by atomic mass is 19.1. The number of aromatic nitrogens is 2. The number of H-pyrrole nitrogens is 1. The molecule has 6 heteroatoms. The van der Waals surface area contributed by atoms with Gasteiger partial charge in [-0.2, -0.15) is 5.10 Å². The third kappa shape index (κ3) is 3.49. The predicted molar refractivity (Wildman–Crippen MR) is 121 cm³/mol. The molecular weight excluding hydrogens is 391 g/mol. The maximum atomic E-state index is 14.3. The normalized spacial score (nSPS) is 17.7. The van der Waals surface area contributed by atoms with Crippen molar-refractivity contribution in [2.24, 2.45) is 0 Å². The second kappa shape index (κ2) is 7.63. The van der Waals surface area contributed by atoms with Crippen LogP contribution in [0.25, 0.3) is 10.8 Å². The van der Waals surface area contributed by atoms with E-state index in [0.717, 1.165) is 23.4 Å². The van der Waals surface area contributed by atoms with Gasteiger partial charge in [-0.05, 0) is 42.9 Å². The molecule has 31 heavy (non-hydrogen) atoms. The molecular formula is C25H23FN4O. The molecule has 156 valence electrons. The van der Waals surface area contributed by atoms with Gasteiger partial charge in [0.2, 0.25) is 0 Å². The summed E-state index contributed by atoms with van der Waals surface area (Å²) in [5, 5.41) is 11.6. The van der Waals surface area contributed by atoms with E-state index in [1.807, 2.05) is 32.3 Å². The highest BCUT2D eigenvalue weighted by molar-refractivity contribution is 5.97. The van der Waals surface area contributed by atoms with Crippen molar-refractivity contribution in [3.8, 4) is 0 Å². The number of hydrogen-bond acceptors (Lipinski definition) is 4. The van der Waals surface area contributed by atoms with E-state index in [1.165, 1.54) is 17.7 Å². The third-order valence-electron chi connectivity index (χ3n) is 5.79. The van der Waals surface area contributed by atoms with E-state index < -0.39 is 5.82 Å². The minimum atomic E-state index is -0.448. The fourth-order valence-corrected chi connectivity index (χ4v) is 4.57. The summed E-state index contributed by atoms with van der Waals surface area (Å²) < 4.78 is 14.3. The first-order valence-corrected chi connectivity index (χ1v) is 10.3. The summed E-state index contributed by atoms with van der Waals surface area (Å²) in [5.74, 6) is -0.599. The van der Waals surface area contributed by atoms with E-state index in [0.29, 0.717) is 16.5 Å². The number of nitrogens with one attached hydrogen (secondary N) is 2. The number of aromatic amines is 1. The van der Waals surface area contributed by atoms with Crippen LogP contribution in [-0.4, -0.2) is 29.2 Å². The summed E-state index contributed by atoms with van der Waals surface area (Å²) >= 11 is 0. The lowest BCUT2D eigenvalue weighted by molar-refractivity contribution is 0.402. The molecule has 0 bridgehead atoms. The zero-order valence-corrected chi connectivity index (χ0v) is 17.4. The van der Waals surface area contributed by atoms with Gasteiger partial charge in [0, 0.05) is 17.6 Å². The van der Waals surface area contributed by atoms with Gasteiger partial charge in [0.1, 0.15) is 5.82 Å². The van der Waals surface area contributed by atoms with E-state index in [4.69, 9.17) is 0 Å². The van der Waals surface area contributed by atoms with Gasteiger partial charge in [0.25, 0.3) is 5.56 Å². The van der Waals surface area contributed by atoms with Gasteiger partial charge in [0.15, 0.2) is 0 Å². The fourth-order valence-electron chi connectivity index (χ4n) is 4.57. The topological polar surface area (TPSA) is 61.0 Å². The van der Waals surface area contributed by atoms with Crippen LogP contribution in [-0.2, 0) is 6.54 Å². The minimum Gasteiger partial charge on any atom is -0.377 e. The number of hydrogen-bond donors (Lipinski definition) is 2. The zero-order valence-electron chi connectivity index (χ0n) is 17.4. The van der Waals surface area contributed by atoms with Crippen LogP contribution >= 0.6 is 0 Å². The van der Waals surface area contributed by atoms with Gasteiger partial charge in [-0.1, -0.05) is 54.6 Å². The van der Waals surface area contributed by atoms with E-state index in [2.05, 4.69) is 56.8 Å². The van der Waals surface area contributed by atoms with Crippen molar-refractivity contribution in [1.29, 1.82) is 0 Å². The van der Waals surface area contributed by atoms with Gasteiger partial charge in [-0.3, -0.25) is 4.79 Å². The summed E-state index contributed by atoms with van der Waals surface area (Å²) in [5.41, 5.74) is 4.31. The van der Waals surface area contributed by atoms with Crippen LogP contribution in [0.1, 0.15) is 34.3 Å². The van der Waals surface area contributed by atoms with E-state index in [9.17, 15) is 9.18 Å². The van der Waals surface area contributed by atoms with Crippen LogP contribution < -0.4 is 10.9 Å². The average molecular weight is 414 g/mol. The average Bonchev–Trinajstić information content (AvgIpc) is 2.75. The Morgan fingerprint density at radius 1 is 1.00 bits per heavy atom. The molecule has 5 rings (SSSR count). The van der Waals surface area contributed by atoms with Gasteiger partial charge >= 0.3 is 0 Å². The van der Waals surface area contributed by atoms with E-state index in [1.54, 1.807) is 0 Å². The van der Waals surface area contributed by atoms with Gasteiger partial charge in [-0.25, -0.2) is 9.49 Å². The first-order chi connectivity index (χ1) is 15.0. The SMILES string of the molecule is CN(C)Cc1cccc(C2c3n[nH]c(=O)c4cc(F)cc(c34)NC2c2ccccc2)c1. The Labute approximate surface area is 179 Å². The molecule has 0 spiro atoms. The summed E-state index contributed by atoms with van der Waals surface area (Å²) in [6.45, 7) is 0.820. The Hall–Kier alpha value is -3.51. The van der Waals surface area contributed by atoms with Gasteiger partial charge in [-0.15, -0.1) is 0 Å². The Morgan fingerprint density at radius 3 is 2.55 bits per heavy atom. The van der Waals surface area contributed by atoms with Crippen LogP contribution in [0.4, 0.5) is 10.1 Å². The second-order valence-electron chi connectivity index (χ2n) is 8.31. The smallest absolute Gasteiger partial charge is 0.272 e. The van der Waals surface area contributed by atoms with Crippen molar-refractivity contribution in [2.75, 3.05) is 19.4 Å². The number of rotatable bonds is 4. The van der Waals surface area contributed by atoms with Crippen molar-refractivity contribution in [2.45, 2.75) is 18.5 Å². The van der Waals surface area contributed by atoms with Crippen LogP contribution in [0.5, 0.6) is 0 Å². The number of benzene rings is 3. The summed E-state index contributed by atoms with van der Waals surface area (Å²) in [4.78, 5) is 14.6. The number of nitrogens with zero attached hydrogens (tertiary/aromatic N) is 2. The molecule has 3 aromatic carbocycles. The molecule has 4 aromatic rings. The first-order valence-electron chi connectivity index (χ1n) is 10.3. The molecule has 0 amide bonds. The van der Waals surface area contributed by atoms with Gasteiger partial charge < -0.3 is 10.2 Å². The largest absolute Gasteiger partial charge is 0.377 e. The lowest BCUT2D eigenvalue weighted by atomic mass is 9.79. The molecule has 0 aliphatic carbocycles. The predicted octanol–water partition coefficient (Wildman–Crippen LogP) is 4.42. The van der Waals surface area contributed by atoms with Crippen LogP contribution in [0.3, 0.4) is 0 Å². The Kier molecular flexibility index (Phi) is 4.79. The second-order valence-corrected chi connectivity index (χ2v) is 8.31. The van der Waals surface area contributed by atoms with Crippen molar-refractivity contribution in [3.05, 3.63) is 105 Å². The van der Waals surface area contributed by atoms with E-state index >= 15 is 0 Å². The molecule has 2 N–H and O–H groups in total. The zero-order chi connectivity index (χ0) is 21.5. The van der Waals surface area contributed by atoms with Crippen molar-refractivity contribution < 1.29 is 4.39 Å². The molecule has 2 unspecified atom stereocenters. The number of halogens is 1. The molecule has 1 aromatic heterocycles. The highest BCUT2D eigenvalue weighted by Gasteiger charge is 2.35. The fraction of sp³-hybridized carbons (Fsp3) is 0.200. The molecule has 5 nitrogen and oxygen atoms in total. The molecule has 0 saturated carbocycles. The maximum Gasteiger partial charge on any atom is 0.272 e. The van der Waals surface area contributed by atoms with Crippen LogP contribution in [0.15, 0.2) is 71.5 Å². The minimum absolute atomic E-state index is 0.151. The molecule has 0 radical (unpaired) electrons. The maximum absolute atomic E-state index is 14.3. The first kappa shape index (κ1) is 19.5. The molecule has 1 aliphatic rings. The number of anilines is 1. The van der Waals surface area contributed by atoms with Crippen molar-refractivity contribution >= 4 is 16.5 Å². The summed E-state index contributed by atoms with van der Waals surface area (Å²) in [7, 11) is 4.08. The Balaban J connectivity index is 1.76. The molecule has 0 saturated heterocycles. The standard InChI is InChI=1S/C25H23FN4O/c1-30(2)14-15-7-6-10-17(11-15)21-23(16-8-4-3-5-9-16)27-20-13-18(26)12-19-22(20)24(21)28-29-25(19)31/h3-13,21,23,27H,14H2,1-2H3,(H,29,31). The van der Waals surface area contributed by atoms with Crippen LogP contribution in [0, 0.1) is 5.82 Å². The van der Waals surface area contributed by atoms with E-state index in [-0.39, 0.29) is 17.5 Å². The molecule has 2 heterocycles. The molecule has 0 fully saturated rings. The summed E-state index contributed by atoms with van der Waals surface area (Å²) in [6.07, 6.45) is 0. The lowest BCUT2D eigenvalue weighted by Gasteiger charge is -2.35. The third-order valence-corrected chi connectivity index (χ3v) is 5.79. The van der Waals surface area contributed by atoms with Crippen molar-refractivity contribution in [1.82, 2.24) is 15.1 Å².